The van der Waals surface area contributed by atoms with E-state index in [9.17, 15) is 0 Å². The highest BCUT2D eigenvalue weighted by Gasteiger charge is 2.22. The quantitative estimate of drug-likeness (QED) is 0.304. The van der Waals surface area contributed by atoms with Crippen molar-refractivity contribution in [2.45, 2.75) is 31.8 Å². The van der Waals surface area contributed by atoms with Gasteiger partial charge < -0.3 is 20.1 Å². The number of ether oxygens (including phenoxy) is 2. The van der Waals surface area contributed by atoms with Gasteiger partial charge in [-0.2, -0.15) is 0 Å². The first kappa shape index (κ1) is 25.2. The van der Waals surface area contributed by atoms with E-state index in [2.05, 4.69) is 37.6 Å². The summed E-state index contributed by atoms with van der Waals surface area (Å²) in [6.45, 7) is 3.68. The Balaban J connectivity index is 0.00000341. The average molecular weight is 539 g/mol. The Labute approximate surface area is 202 Å². The van der Waals surface area contributed by atoms with Crippen molar-refractivity contribution in [1.29, 1.82) is 0 Å². The molecule has 0 aliphatic carbocycles. The molecule has 0 amide bonds. The number of piperidine rings is 1. The van der Waals surface area contributed by atoms with Crippen molar-refractivity contribution < 1.29 is 9.47 Å². The summed E-state index contributed by atoms with van der Waals surface area (Å²) in [5.41, 5.74) is 2.38. The minimum Gasteiger partial charge on any atom is -0.497 e. The number of guanidine groups is 1. The lowest BCUT2D eigenvalue weighted by atomic mass is 10.0. The van der Waals surface area contributed by atoms with Gasteiger partial charge in [-0.25, -0.2) is 4.98 Å². The van der Waals surface area contributed by atoms with Crippen molar-refractivity contribution >= 4 is 29.9 Å². The van der Waals surface area contributed by atoms with Crippen molar-refractivity contribution in [3.63, 3.8) is 0 Å². The van der Waals surface area contributed by atoms with E-state index in [0.717, 1.165) is 36.9 Å². The van der Waals surface area contributed by atoms with Crippen LogP contribution in [0.25, 0.3) is 0 Å². The lowest BCUT2D eigenvalue weighted by Gasteiger charge is -2.35. The summed E-state index contributed by atoms with van der Waals surface area (Å²) in [6, 6.07) is 12.6. The molecule has 1 fully saturated rings. The Morgan fingerprint density at radius 3 is 2.45 bits per heavy atom. The average Bonchev–Trinajstić information content (AvgIpc) is 2.82. The summed E-state index contributed by atoms with van der Waals surface area (Å²) in [4.78, 5) is 11.1. The smallest absolute Gasteiger partial charge is 0.213 e. The summed E-state index contributed by atoms with van der Waals surface area (Å²) in [5, 5.41) is 6.89. The predicted octanol–water partition coefficient (Wildman–Crippen LogP) is 3.61. The van der Waals surface area contributed by atoms with Crippen molar-refractivity contribution in [3.05, 3.63) is 53.7 Å². The number of benzene rings is 1. The van der Waals surface area contributed by atoms with Crippen LogP contribution >= 0.6 is 24.0 Å². The standard InChI is InChI=1S/C23H33N5O2.HI/c1-24-23(26-16-18-11-12-25-22(15-18)30-3)27-17-21(28-13-5-4-6-14-28)19-7-9-20(29-2)10-8-19;/h7-12,15,21H,4-6,13-14,16-17H2,1-3H3,(H2,24,26,27);1H. The molecule has 1 aliphatic rings. The van der Waals surface area contributed by atoms with Gasteiger partial charge in [-0.05, 0) is 55.3 Å². The van der Waals surface area contributed by atoms with E-state index in [1.54, 1.807) is 27.5 Å². The van der Waals surface area contributed by atoms with E-state index < -0.39 is 0 Å². The van der Waals surface area contributed by atoms with Crippen LogP contribution in [-0.2, 0) is 6.54 Å². The second kappa shape index (κ2) is 13.4. The maximum Gasteiger partial charge on any atom is 0.213 e. The third-order valence-corrected chi connectivity index (χ3v) is 5.49. The topological polar surface area (TPSA) is 71.0 Å². The number of nitrogens with zero attached hydrogens (tertiary/aromatic N) is 3. The normalized spacial score (nSPS) is 15.5. The van der Waals surface area contributed by atoms with Gasteiger partial charge >= 0.3 is 0 Å². The van der Waals surface area contributed by atoms with Gasteiger partial charge in [0.2, 0.25) is 5.88 Å². The van der Waals surface area contributed by atoms with Crippen LogP contribution in [0.3, 0.4) is 0 Å². The van der Waals surface area contributed by atoms with Crippen LogP contribution in [0.1, 0.15) is 36.4 Å². The summed E-state index contributed by atoms with van der Waals surface area (Å²) in [5.74, 6) is 2.28. The molecular weight excluding hydrogens is 505 g/mol. The van der Waals surface area contributed by atoms with E-state index in [4.69, 9.17) is 9.47 Å². The second-order valence-corrected chi connectivity index (χ2v) is 7.40. The zero-order valence-corrected chi connectivity index (χ0v) is 21.0. The summed E-state index contributed by atoms with van der Waals surface area (Å²) in [7, 11) is 5.12. The van der Waals surface area contributed by atoms with Crippen molar-refractivity contribution in [2.24, 2.45) is 4.99 Å². The Morgan fingerprint density at radius 2 is 1.81 bits per heavy atom. The van der Waals surface area contributed by atoms with Crippen molar-refractivity contribution in [3.8, 4) is 11.6 Å². The number of nitrogens with one attached hydrogen (secondary N) is 2. The number of aromatic nitrogens is 1. The van der Waals surface area contributed by atoms with Gasteiger partial charge in [-0.15, -0.1) is 24.0 Å². The van der Waals surface area contributed by atoms with Crippen LogP contribution in [0.2, 0.25) is 0 Å². The molecule has 2 heterocycles. The van der Waals surface area contributed by atoms with Crippen molar-refractivity contribution in [1.82, 2.24) is 20.5 Å². The molecule has 1 atom stereocenters. The minimum absolute atomic E-state index is 0. The van der Waals surface area contributed by atoms with Crippen LogP contribution in [0.4, 0.5) is 0 Å². The maximum absolute atomic E-state index is 5.33. The molecule has 170 valence electrons. The van der Waals surface area contributed by atoms with Gasteiger partial charge in [0.1, 0.15) is 5.75 Å². The third-order valence-electron chi connectivity index (χ3n) is 5.49. The first-order valence-corrected chi connectivity index (χ1v) is 10.5. The Kier molecular flexibility index (Phi) is 10.9. The Morgan fingerprint density at radius 1 is 1.06 bits per heavy atom. The van der Waals surface area contributed by atoms with Gasteiger partial charge in [-0.3, -0.25) is 9.89 Å². The van der Waals surface area contributed by atoms with E-state index in [1.165, 1.54) is 24.8 Å². The summed E-state index contributed by atoms with van der Waals surface area (Å²) in [6.07, 6.45) is 5.58. The molecule has 0 radical (unpaired) electrons. The summed E-state index contributed by atoms with van der Waals surface area (Å²) >= 11 is 0. The van der Waals surface area contributed by atoms with Gasteiger partial charge in [0, 0.05) is 32.4 Å². The molecule has 2 N–H and O–H groups in total. The molecule has 8 heteroatoms. The largest absolute Gasteiger partial charge is 0.497 e. The molecule has 2 aromatic rings. The number of likely N-dealkylation sites (tertiary alicyclic amines) is 1. The highest BCUT2D eigenvalue weighted by molar-refractivity contribution is 14.0. The Hall–Kier alpha value is -2.07. The number of pyridine rings is 1. The molecule has 7 nitrogen and oxygen atoms in total. The number of hydrogen-bond acceptors (Lipinski definition) is 5. The van der Waals surface area contributed by atoms with Crippen LogP contribution in [0.15, 0.2) is 47.6 Å². The van der Waals surface area contributed by atoms with Crippen LogP contribution in [0, 0.1) is 0 Å². The fraction of sp³-hybridized carbons (Fsp3) is 0.478. The van der Waals surface area contributed by atoms with Gasteiger partial charge in [0.25, 0.3) is 0 Å². The van der Waals surface area contributed by atoms with Gasteiger partial charge in [0.05, 0.1) is 20.3 Å². The predicted molar refractivity (Wildman–Crippen MR) is 136 cm³/mol. The molecule has 0 spiro atoms. The van der Waals surface area contributed by atoms with Gasteiger partial charge in [0.15, 0.2) is 5.96 Å². The third kappa shape index (κ3) is 7.53. The van der Waals surface area contributed by atoms with Crippen molar-refractivity contribution in [2.75, 3.05) is 40.9 Å². The highest BCUT2D eigenvalue weighted by Crippen LogP contribution is 2.25. The maximum atomic E-state index is 5.33. The first-order chi connectivity index (χ1) is 14.7. The Bertz CT molecular complexity index is 810. The SMILES string of the molecule is CN=C(NCc1ccnc(OC)c1)NCC(c1ccc(OC)cc1)N1CCCCC1.I. The number of halogens is 1. The number of hydrogen-bond donors (Lipinski definition) is 2. The van der Waals surface area contributed by atoms with Crippen LogP contribution in [-0.4, -0.2) is 56.7 Å². The molecule has 1 aromatic heterocycles. The molecule has 0 saturated carbocycles. The minimum atomic E-state index is 0. The summed E-state index contributed by atoms with van der Waals surface area (Å²) < 4.78 is 10.5. The zero-order valence-electron chi connectivity index (χ0n) is 18.6. The monoisotopic (exact) mass is 539 g/mol. The molecule has 0 bridgehead atoms. The number of aliphatic imine (C=N–C) groups is 1. The second-order valence-electron chi connectivity index (χ2n) is 7.40. The molecule has 1 saturated heterocycles. The zero-order chi connectivity index (χ0) is 21.2. The van der Waals surface area contributed by atoms with Gasteiger partial charge in [-0.1, -0.05) is 18.6 Å². The van der Waals surface area contributed by atoms with Crippen LogP contribution < -0.4 is 20.1 Å². The molecule has 1 aromatic carbocycles. The molecule has 3 rings (SSSR count). The number of methoxy groups -OCH3 is 2. The van der Waals surface area contributed by atoms with E-state index in [0.29, 0.717) is 12.4 Å². The van der Waals surface area contributed by atoms with E-state index in [1.807, 2.05) is 24.3 Å². The van der Waals surface area contributed by atoms with Crippen LogP contribution in [0.5, 0.6) is 11.6 Å². The highest BCUT2D eigenvalue weighted by atomic mass is 127. The molecule has 31 heavy (non-hydrogen) atoms. The molecule has 1 unspecified atom stereocenters. The van der Waals surface area contributed by atoms with E-state index >= 15 is 0 Å². The fourth-order valence-corrected chi connectivity index (χ4v) is 3.79. The first-order valence-electron chi connectivity index (χ1n) is 10.5. The van der Waals surface area contributed by atoms with E-state index in [-0.39, 0.29) is 30.0 Å². The number of rotatable bonds is 8. The molecular formula is C23H34IN5O2. The lowest BCUT2D eigenvalue weighted by molar-refractivity contribution is 0.164. The molecule has 1 aliphatic heterocycles. The fourth-order valence-electron chi connectivity index (χ4n) is 3.79. The lowest BCUT2D eigenvalue weighted by Crippen LogP contribution is -2.44.